The number of ether oxygens (including phenoxy) is 2. The van der Waals surface area contributed by atoms with Crippen molar-refractivity contribution in [3.8, 4) is 5.75 Å². The van der Waals surface area contributed by atoms with E-state index in [0.717, 1.165) is 11.1 Å². The molecule has 0 aliphatic carbocycles. The molecule has 0 bridgehead atoms. The molecule has 34 heavy (non-hydrogen) atoms. The largest absolute Gasteiger partial charge is 0.457 e. The molecule has 0 aliphatic rings. The summed E-state index contributed by atoms with van der Waals surface area (Å²) in [5.74, 6) is -1.92. The molecule has 3 aromatic carbocycles. The zero-order valence-corrected chi connectivity index (χ0v) is 19.6. The van der Waals surface area contributed by atoms with Crippen molar-refractivity contribution in [3.63, 3.8) is 0 Å². The number of sulfone groups is 1. The van der Waals surface area contributed by atoms with Crippen molar-refractivity contribution < 1.29 is 32.3 Å². The summed E-state index contributed by atoms with van der Waals surface area (Å²) in [4.78, 5) is 36.5. The van der Waals surface area contributed by atoms with E-state index in [4.69, 9.17) is 9.47 Å². The molecule has 0 heterocycles. The quantitative estimate of drug-likeness (QED) is 0.258. The van der Waals surface area contributed by atoms with Crippen molar-refractivity contribution in [3.05, 3.63) is 95.1 Å². The molecule has 8 heteroatoms. The van der Waals surface area contributed by atoms with Crippen LogP contribution in [-0.4, -0.2) is 38.5 Å². The number of hydrogen-bond donors (Lipinski definition) is 0. The van der Waals surface area contributed by atoms with Crippen LogP contribution in [-0.2, 0) is 19.4 Å². The van der Waals surface area contributed by atoms with E-state index in [1.807, 2.05) is 13.8 Å². The van der Waals surface area contributed by atoms with Crippen molar-refractivity contribution >= 4 is 27.6 Å². The van der Waals surface area contributed by atoms with Crippen molar-refractivity contribution in [2.45, 2.75) is 25.2 Å². The van der Waals surface area contributed by atoms with Crippen molar-refractivity contribution in [1.82, 2.24) is 0 Å². The van der Waals surface area contributed by atoms with Gasteiger partial charge in [0.2, 0.25) is 0 Å². The van der Waals surface area contributed by atoms with E-state index in [2.05, 4.69) is 0 Å². The third-order valence-corrected chi connectivity index (χ3v) is 6.73. The Morgan fingerprint density at radius 3 is 1.85 bits per heavy atom. The van der Waals surface area contributed by atoms with Gasteiger partial charge in [-0.15, -0.1) is 0 Å². The SMILES string of the molecule is Cc1ccc(C(=O)Oc2ccc(C(=O)COC(=O)CCS(=O)(=O)c3ccc(C)cc3)cc2)cc1. The van der Waals surface area contributed by atoms with Gasteiger partial charge in [-0.05, 0) is 62.4 Å². The Bertz CT molecular complexity index is 1270. The first-order valence-electron chi connectivity index (χ1n) is 10.5. The van der Waals surface area contributed by atoms with Crippen LogP contribution < -0.4 is 4.74 Å². The summed E-state index contributed by atoms with van der Waals surface area (Å²) in [6.07, 6.45) is -0.364. The molecule has 0 N–H and O–H groups in total. The number of benzene rings is 3. The molecule has 0 amide bonds. The van der Waals surface area contributed by atoms with E-state index in [-0.39, 0.29) is 22.6 Å². The number of ketones is 1. The van der Waals surface area contributed by atoms with Crippen LogP contribution in [0.25, 0.3) is 0 Å². The molecule has 0 aliphatic heterocycles. The van der Waals surface area contributed by atoms with Gasteiger partial charge >= 0.3 is 11.9 Å². The summed E-state index contributed by atoms with van der Waals surface area (Å²) in [5.41, 5.74) is 2.61. The van der Waals surface area contributed by atoms with Gasteiger partial charge in [0.25, 0.3) is 0 Å². The number of hydrogen-bond acceptors (Lipinski definition) is 7. The molecule has 0 saturated carbocycles. The van der Waals surface area contributed by atoms with Crippen LogP contribution in [0, 0.1) is 13.8 Å². The highest BCUT2D eigenvalue weighted by molar-refractivity contribution is 7.91. The molecule has 0 spiro atoms. The monoisotopic (exact) mass is 480 g/mol. The van der Waals surface area contributed by atoms with Gasteiger partial charge < -0.3 is 9.47 Å². The molecule has 3 rings (SSSR count). The topological polar surface area (TPSA) is 104 Å². The van der Waals surface area contributed by atoms with Crippen LogP contribution in [0.4, 0.5) is 0 Å². The zero-order valence-electron chi connectivity index (χ0n) is 18.8. The predicted molar refractivity (Wildman–Crippen MR) is 126 cm³/mol. The lowest BCUT2D eigenvalue weighted by molar-refractivity contribution is -0.142. The molecule has 0 unspecified atom stereocenters. The highest BCUT2D eigenvalue weighted by Gasteiger charge is 2.18. The maximum Gasteiger partial charge on any atom is 0.343 e. The van der Waals surface area contributed by atoms with Gasteiger partial charge in [-0.2, -0.15) is 0 Å². The molecule has 0 atom stereocenters. The number of carbonyl (C=O) groups is 3. The van der Waals surface area contributed by atoms with Crippen molar-refractivity contribution in [2.24, 2.45) is 0 Å². The first-order chi connectivity index (χ1) is 16.1. The zero-order chi connectivity index (χ0) is 24.7. The standard InChI is InChI=1S/C26H24O7S/c1-18-3-7-21(8-4-18)26(29)33-22-11-9-20(10-12-22)24(27)17-32-25(28)15-16-34(30,31)23-13-5-19(2)6-14-23/h3-14H,15-17H2,1-2H3. The second kappa shape index (κ2) is 10.9. The lowest BCUT2D eigenvalue weighted by Crippen LogP contribution is -2.17. The highest BCUT2D eigenvalue weighted by Crippen LogP contribution is 2.16. The van der Waals surface area contributed by atoms with E-state index in [1.54, 1.807) is 36.4 Å². The summed E-state index contributed by atoms with van der Waals surface area (Å²) >= 11 is 0. The van der Waals surface area contributed by atoms with Gasteiger partial charge in [-0.3, -0.25) is 9.59 Å². The fourth-order valence-electron chi connectivity index (χ4n) is 2.95. The molecule has 7 nitrogen and oxygen atoms in total. The number of carbonyl (C=O) groups excluding carboxylic acids is 3. The van der Waals surface area contributed by atoms with Crippen molar-refractivity contribution in [1.29, 1.82) is 0 Å². The fraction of sp³-hybridized carbons (Fsp3) is 0.192. The third-order valence-electron chi connectivity index (χ3n) is 4.99. The van der Waals surface area contributed by atoms with Gasteiger partial charge in [-0.25, -0.2) is 13.2 Å². The molecule has 0 aromatic heterocycles. The van der Waals surface area contributed by atoms with Crippen LogP contribution >= 0.6 is 0 Å². The molecule has 0 fully saturated rings. The maximum atomic E-state index is 12.3. The van der Waals surface area contributed by atoms with E-state index in [9.17, 15) is 22.8 Å². The second-order valence-corrected chi connectivity index (χ2v) is 9.85. The Morgan fingerprint density at radius 1 is 0.735 bits per heavy atom. The minimum atomic E-state index is -3.63. The Hall–Kier alpha value is -3.78. The molecule has 176 valence electrons. The number of Topliss-reactive ketones (excluding diaryl/α,β-unsaturated/α-hetero) is 1. The fourth-order valence-corrected chi connectivity index (χ4v) is 4.17. The summed E-state index contributed by atoms with van der Waals surface area (Å²) in [6, 6.07) is 19.1. The lowest BCUT2D eigenvalue weighted by Gasteiger charge is -2.07. The van der Waals surface area contributed by atoms with E-state index >= 15 is 0 Å². The summed E-state index contributed by atoms with van der Waals surface area (Å²) in [6.45, 7) is 3.23. The molecular weight excluding hydrogens is 456 g/mol. The lowest BCUT2D eigenvalue weighted by atomic mass is 10.1. The minimum absolute atomic E-state index is 0.130. The summed E-state index contributed by atoms with van der Waals surface area (Å²) in [7, 11) is -3.63. The van der Waals surface area contributed by atoms with Crippen LogP contribution in [0.3, 0.4) is 0 Å². The number of esters is 2. The smallest absolute Gasteiger partial charge is 0.343 e. The number of aryl methyl sites for hydroxylation is 2. The third kappa shape index (κ3) is 6.86. The van der Waals surface area contributed by atoms with Gasteiger partial charge in [0.1, 0.15) is 5.75 Å². The molecule has 0 saturated heterocycles. The van der Waals surface area contributed by atoms with Gasteiger partial charge in [0.15, 0.2) is 22.2 Å². The van der Waals surface area contributed by atoms with E-state index < -0.39 is 39.9 Å². The Kier molecular flexibility index (Phi) is 7.96. The molecule has 0 radical (unpaired) electrons. The summed E-state index contributed by atoms with van der Waals surface area (Å²) < 4.78 is 34.8. The van der Waals surface area contributed by atoms with Crippen LogP contribution in [0.1, 0.15) is 38.3 Å². The van der Waals surface area contributed by atoms with Gasteiger partial charge in [-0.1, -0.05) is 35.4 Å². The average molecular weight is 481 g/mol. The van der Waals surface area contributed by atoms with Crippen LogP contribution in [0.5, 0.6) is 5.75 Å². The van der Waals surface area contributed by atoms with Gasteiger partial charge in [0, 0.05) is 5.56 Å². The molecular formula is C26H24O7S. The van der Waals surface area contributed by atoms with E-state index in [1.165, 1.54) is 36.4 Å². The van der Waals surface area contributed by atoms with Crippen LogP contribution in [0.2, 0.25) is 0 Å². The maximum absolute atomic E-state index is 12.3. The van der Waals surface area contributed by atoms with Crippen LogP contribution in [0.15, 0.2) is 77.7 Å². The van der Waals surface area contributed by atoms with Crippen molar-refractivity contribution in [2.75, 3.05) is 12.4 Å². The second-order valence-electron chi connectivity index (χ2n) is 7.75. The first kappa shape index (κ1) is 24.9. The summed E-state index contributed by atoms with van der Waals surface area (Å²) in [5, 5.41) is 0. The Balaban J connectivity index is 1.47. The minimum Gasteiger partial charge on any atom is -0.457 e. The average Bonchev–Trinajstić information content (AvgIpc) is 2.82. The predicted octanol–water partition coefficient (Wildman–Crippen LogP) is 4.11. The molecule has 3 aromatic rings. The first-order valence-corrected chi connectivity index (χ1v) is 12.2. The van der Waals surface area contributed by atoms with Gasteiger partial charge in [0.05, 0.1) is 22.6 Å². The normalized spacial score (nSPS) is 11.0. The Morgan fingerprint density at radius 2 is 1.26 bits per heavy atom. The highest BCUT2D eigenvalue weighted by atomic mass is 32.2. The Labute approximate surface area is 198 Å². The number of rotatable bonds is 9. The van der Waals surface area contributed by atoms with E-state index in [0.29, 0.717) is 5.56 Å².